The first-order valence-electron chi connectivity index (χ1n) is 10.5. The molecule has 3 rings (SSSR count). The molecular formula is C25H33NO4. The van der Waals surface area contributed by atoms with Gasteiger partial charge in [0.15, 0.2) is 11.5 Å². The van der Waals surface area contributed by atoms with Gasteiger partial charge in [-0.1, -0.05) is 45.9 Å². The van der Waals surface area contributed by atoms with E-state index >= 15 is 0 Å². The summed E-state index contributed by atoms with van der Waals surface area (Å²) in [5, 5.41) is 0. The number of methoxy groups -OCH3 is 1. The third kappa shape index (κ3) is 6.15. The van der Waals surface area contributed by atoms with E-state index in [0.29, 0.717) is 25.4 Å². The Labute approximate surface area is 179 Å². The van der Waals surface area contributed by atoms with Crippen molar-refractivity contribution in [1.29, 1.82) is 0 Å². The van der Waals surface area contributed by atoms with E-state index in [1.807, 2.05) is 47.4 Å². The molecule has 1 atom stereocenters. The van der Waals surface area contributed by atoms with Crippen molar-refractivity contribution in [3.63, 3.8) is 0 Å². The molecule has 30 heavy (non-hydrogen) atoms. The smallest absolute Gasteiger partial charge is 0.231 e. The number of ether oxygens (including phenoxy) is 3. The number of hydrogen-bond donors (Lipinski definition) is 0. The van der Waals surface area contributed by atoms with Crippen LogP contribution >= 0.6 is 0 Å². The Morgan fingerprint density at radius 3 is 2.33 bits per heavy atom. The minimum absolute atomic E-state index is 0.167. The van der Waals surface area contributed by atoms with E-state index in [-0.39, 0.29) is 18.1 Å². The monoisotopic (exact) mass is 411 g/mol. The number of nitrogens with zero attached hydrogens (tertiary/aromatic N) is 1. The summed E-state index contributed by atoms with van der Waals surface area (Å²) in [6.07, 6.45) is 1.55. The van der Waals surface area contributed by atoms with Crippen LogP contribution in [0.15, 0.2) is 42.5 Å². The van der Waals surface area contributed by atoms with Gasteiger partial charge in [-0.25, -0.2) is 0 Å². The molecule has 1 aliphatic heterocycles. The standard InChI is InChI=1S/C25H33NO4/c1-18(14-25(2,3)4)12-24(27)26(15-19-6-9-21(28-5)10-7-19)16-20-8-11-22-23(13-20)30-17-29-22/h6-11,13,18H,12,14-17H2,1-5H3. The molecule has 162 valence electrons. The van der Waals surface area contributed by atoms with Gasteiger partial charge in [0.2, 0.25) is 12.7 Å². The highest BCUT2D eigenvalue weighted by Gasteiger charge is 2.22. The zero-order valence-corrected chi connectivity index (χ0v) is 18.7. The Kier molecular flexibility index (Phi) is 6.91. The Bertz CT molecular complexity index is 854. The first-order valence-corrected chi connectivity index (χ1v) is 10.5. The second kappa shape index (κ2) is 9.41. The van der Waals surface area contributed by atoms with E-state index in [4.69, 9.17) is 14.2 Å². The summed E-state index contributed by atoms with van der Waals surface area (Å²) < 4.78 is 16.2. The van der Waals surface area contributed by atoms with Crippen LogP contribution in [0.5, 0.6) is 17.2 Å². The zero-order chi connectivity index (χ0) is 21.7. The Morgan fingerprint density at radius 2 is 1.67 bits per heavy atom. The number of fused-ring (bicyclic) bond motifs is 1. The Balaban J connectivity index is 1.75. The Morgan fingerprint density at radius 1 is 1.03 bits per heavy atom. The van der Waals surface area contributed by atoms with Crippen molar-refractivity contribution in [3.05, 3.63) is 53.6 Å². The first kappa shape index (κ1) is 22.0. The number of benzene rings is 2. The van der Waals surface area contributed by atoms with E-state index in [2.05, 4.69) is 27.7 Å². The third-order valence-corrected chi connectivity index (χ3v) is 5.18. The number of carbonyl (C=O) groups excluding carboxylic acids is 1. The molecular weight excluding hydrogens is 378 g/mol. The highest BCUT2D eigenvalue weighted by molar-refractivity contribution is 5.76. The molecule has 0 saturated heterocycles. The third-order valence-electron chi connectivity index (χ3n) is 5.18. The average Bonchev–Trinajstić information content (AvgIpc) is 3.14. The minimum atomic E-state index is 0.167. The lowest BCUT2D eigenvalue weighted by Gasteiger charge is -2.27. The summed E-state index contributed by atoms with van der Waals surface area (Å²) in [5.41, 5.74) is 2.32. The van der Waals surface area contributed by atoms with Crippen molar-refractivity contribution < 1.29 is 19.0 Å². The second-order valence-corrected chi connectivity index (χ2v) is 9.36. The second-order valence-electron chi connectivity index (χ2n) is 9.36. The highest BCUT2D eigenvalue weighted by Crippen LogP contribution is 2.33. The topological polar surface area (TPSA) is 48.0 Å². The first-order chi connectivity index (χ1) is 14.2. The molecule has 5 nitrogen and oxygen atoms in total. The number of carbonyl (C=O) groups is 1. The summed E-state index contributed by atoms with van der Waals surface area (Å²) >= 11 is 0. The van der Waals surface area contributed by atoms with E-state index in [1.165, 1.54) is 0 Å². The lowest BCUT2D eigenvalue weighted by molar-refractivity contribution is -0.133. The predicted octanol–water partition coefficient (Wildman–Crippen LogP) is 5.42. The average molecular weight is 412 g/mol. The van der Waals surface area contributed by atoms with Crippen molar-refractivity contribution in [2.75, 3.05) is 13.9 Å². The summed E-state index contributed by atoms with van der Waals surface area (Å²) in [7, 11) is 1.65. The Hall–Kier alpha value is -2.69. The quantitative estimate of drug-likeness (QED) is 0.582. The van der Waals surface area contributed by atoms with Gasteiger partial charge in [0.25, 0.3) is 0 Å². The lowest BCUT2D eigenvalue weighted by Crippen LogP contribution is -2.31. The molecule has 0 aromatic heterocycles. The maximum Gasteiger partial charge on any atom is 0.231 e. The van der Waals surface area contributed by atoms with Crippen molar-refractivity contribution in [3.8, 4) is 17.2 Å². The molecule has 2 aromatic rings. The van der Waals surface area contributed by atoms with Crippen LogP contribution in [0.4, 0.5) is 0 Å². The molecule has 0 spiro atoms. The summed E-state index contributed by atoms with van der Waals surface area (Å²) in [4.78, 5) is 15.2. The maximum atomic E-state index is 13.3. The fraction of sp³-hybridized carbons (Fsp3) is 0.480. The lowest BCUT2D eigenvalue weighted by atomic mass is 9.84. The molecule has 5 heteroatoms. The van der Waals surface area contributed by atoms with Gasteiger partial charge in [-0.2, -0.15) is 0 Å². The molecule has 1 amide bonds. The van der Waals surface area contributed by atoms with Gasteiger partial charge in [-0.3, -0.25) is 4.79 Å². The maximum absolute atomic E-state index is 13.3. The summed E-state index contributed by atoms with van der Waals surface area (Å²) in [6, 6.07) is 13.8. The van der Waals surface area contributed by atoms with Crippen LogP contribution < -0.4 is 14.2 Å². The van der Waals surface area contributed by atoms with Crippen molar-refractivity contribution in [2.24, 2.45) is 11.3 Å². The molecule has 0 bridgehead atoms. The molecule has 0 aliphatic carbocycles. The number of hydrogen-bond acceptors (Lipinski definition) is 4. The van der Waals surface area contributed by atoms with Crippen LogP contribution in [-0.2, 0) is 17.9 Å². The van der Waals surface area contributed by atoms with E-state index < -0.39 is 0 Å². The van der Waals surface area contributed by atoms with E-state index in [9.17, 15) is 4.79 Å². The number of amides is 1. The molecule has 0 saturated carbocycles. The van der Waals surface area contributed by atoms with Crippen molar-refractivity contribution >= 4 is 5.91 Å². The van der Waals surface area contributed by atoms with E-state index in [1.54, 1.807) is 7.11 Å². The van der Waals surface area contributed by atoms with Gasteiger partial charge in [0.1, 0.15) is 5.75 Å². The normalized spacial score (nSPS) is 13.8. The minimum Gasteiger partial charge on any atom is -0.497 e. The van der Waals surface area contributed by atoms with Gasteiger partial charge in [-0.15, -0.1) is 0 Å². The van der Waals surface area contributed by atoms with Crippen molar-refractivity contribution in [2.45, 2.75) is 53.6 Å². The summed E-state index contributed by atoms with van der Waals surface area (Å²) in [6.45, 7) is 10.2. The van der Waals surface area contributed by atoms with Gasteiger partial charge < -0.3 is 19.1 Å². The van der Waals surface area contributed by atoms with Gasteiger partial charge >= 0.3 is 0 Å². The molecule has 1 aliphatic rings. The molecule has 1 unspecified atom stereocenters. The molecule has 0 N–H and O–H groups in total. The molecule has 1 heterocycles. The van der Waals surface area contributed by atoms with Crippen LogP contribution in [-0.4, -0.2) is 24.7 Å². The van der Waals surface area contributed by atoms with Gasteiger partial charge in [0, 0.05) is 19.5 Å². The van der Waals surface area contributed by atoms with Crippen LogP contribution in [0.25, 0.3) is 0 Å². The molecule has 2 aromatic carbocycles. The van der Waals surface area contributed by atoms with Crippen molar-refractivity contribution in [1.82, 2.24) is 4.90 Å². The number of rotatable bonds is 8. The highest BCUT2D eigenvalue weighted by atomic mass is 16.7. The van der Waals surface area contributed by atoms with Crippen LogP contribution in [0.2, 0.25) is 0 Å². The zero-order valence-electron chi connectivity index (χ0n) is 18.7. The SMILES string of the molecule is COc1ccc(CN(Cc2ccc3c(c2)OCO3)C(=O)CC(C)CC(C)(C)C)cc1. The molecule has 0 radical (unpaired) electrons. The van der Waals surface area contributed by atoms with E-state index in [0.717, 1.165) is 34.8 Å². The fourth-order valence-corrected chi connectivity index (χ4v) is 3.99. The van der Waals surface area contributed by atoms with Gasteiger partial charge in [0.05, 0.1) is 7.11 Å². The van der Waals surface area contributed by atoms with Crippen LogP contribution in [0, 0.1) is 11.3 Å². The van der Waals surface area contributed by atoms with Crippen LogP contribution in [0.1, 0.15) is 51.7 Å². The van der Waals surface area contributed by atoms with Gasteiger partial charge in [-0.05, 0) is 53.1 Å². The largest absolute Gasteiger partial charge is 0.497 e. The van der Waals surface area contributed by atoms with Crippen LogP contribution in [0.3, 0.4) is 0 Å². The predicted molar refractivity (Wildman–Crippen MR) is 118 cm³/mol. The fourth-order valence-electron chi connectivity index (χ4n) is 3.99. The summed E-state index contributed by atoms with van der Waals surface area (Å²) in [5.74, 6) is 2.80. The molecule has 0 fully saturated rings.